The van der Waals surface area contributed by atoms with E-state index in [1.165, 1.54) is 43.9 Å². The van der Waals surface area contributed by atoms with Gasteiger partial charge in [-0.15, -0.1) is 11.3 Å². The smallest absolute Gasteiger partial charge is 0.00880 e. The van der Waals surface area contributed by atoms with Crippen molar-refractivity contribution in [3.05, 3.63) is 22.4 Å². The molecule has 1 aliphatic rings. The molecular formula is C17H27BrS. The van der Waals surface area contributed by atoms with E-state index < -0.39 is 0 Å². The molecule has 0 amide bonds. The molecule has 0 aromatic carbocycles. The second-order valence-electron chi connectivity index (χ2n) is 7.35. The Labute approximate surface area is 131 Å². The minimum atomic E-state index is 0.492. The van der Waals surface area contributed by atoms with Gasteiger partial charge in [0.15, 0.2) is 0 Å². The summed E-state index contributed by atoms with van der Waals surface area (Å²) in [7, 11) is 0. The van der Waals surface area contributed by atoms with Crippen LogP contribution in [0.25, 0.3) is 0 Å². The van der Waals surface area contributed by atoms with Crippen molar-refractivity contribution >= 4 is 27.3 Å². The van der Waals surface area contributed by atoms with Crippen LogP contribution in [0.5, 0.6) is 0 Å². The molecule has 1 aromatic rings. The van der Waals surface area contributed by atoms with Crippen LogP contribution in [0.15, 0.2) is 17.5 Å². The van der Waals surface area contributed by atoms with E-state index >= 15 is 0 Å². The van der Waals surface area contributed by atoms with Crippen molar-refractivity contribution < 1.29 is 0 Å². The van der Waals surface area contributed by atoms with Gasteiger partial charge >= 0.3 is 0 Å². The molecule has 2 rings (SSSR count). The highest BCUT2D eigenvalue weighted by Gasteiger charge is 2.37. The summed E-state index contributed by atoms with van der Waals surface area (Å²) in [5.41, 5.74) is 1.05. The molecule has 0 radical (unpaired) electrons. The zero-order valence-electron chi connectivity index (χ0n) is 12.5. The average molecular weight is 343 g/mol. The van der Waals surface area contributed by atoms with Gasteiger partial charge in [0.05, 0.1) is 0 Å². The van der Waals surface area contributed by atoms with E-state index in [0.29, 0.717) is 10.8 Å². The lowest BCUT2D eigenvalue weighted by atomic mass is 9.63. The number of hydrogen-bond donors (Lipinski definition) is 0. The van der Waals surface area contributed by atoms with Crippen LogP contribution >= 0.6 is 27.3 Å². The molecule has 2 heteroatoms. The van der Waals surface area contributed by atoms with Crippen molar-refractivity contribution in [1.82, 2.24) is 0 Å². The van der Waals surface area contributed by atoms with E-state index in [1.807, 2.05) is 11.3 Å². The van der Waals surface area contributed by atoms with Crippen molar-refractivity contribution in [3.63, 3.8) is 0 Å². The summed E-state index contributed by atoms with van der Waals surface area (Å²) in [6, 6.07) is 4.46. The SMILES string of the molecule is CC(C)(C)C1CCC(CBr)(CCc2cccs2)CC1. The fraction of sp³-hybridized carbons (Fsp3) is 0.765. The predicted octanol–water partition coefficient (Wildman–Crippen LogP) is 6.30. The fourth-order valence-corrected chi connectivity index (χ4v) is 4.94. The molecule has 1 fully saturated rings. The van der Waals surface area contributed by atoms with Crippen LogP contribution in [0.1, 0.15) is 57.8 Å². The lowest BCUT2D eigenvalue weighted by Crippen LogP contribution is -2.34. The number of halogens is 1. The molecule has 108 valence electrons. The van der Waals surface area contributed by atoms with Gasteiger partial charge in [-0.05, 0) is 66.7 Å². The van der Waals surface area contributed by atoms with Gasteiger partial charge < -0.3 is 0 Å². The standard InChI is InChI=1S/C17H27BrS/c1-16(2,3)14-6-9-17(13-18,10-7-14)11-8-15-5-4-12-19-15/h4-5,12,14H,6-11,13H2,1-3H3. The minimum Gasteiger partial charge on any atom is -0.149 e. The Balaban J connectivity index is 1.90. The first kappa shape index (κ1) is 15.6. The molecule has 0 N–H and O–H groups in total. The summed E-state index contributed by atoms with van der Waals surface area (Å²) >= 11 is 5.72. The monoisotopic (exact) mass is 342 g/mol. The zero-order chi connectivity index (χ0) is 13.9. The van der Waals surface area contributed by atoms with E-state index in [9.17, 15) is 0 Å². The molecule has 1 aliphatic carbocycles. The molecule has 0 aliphatic heterocycles. The van der Waals surface area contributed by atoms with Crippen LogP contribution in [0, 0.1) is 16.7 Å². The lowest BCUT2D eigenvalue weighted by molar-refractivity contribution is 0.0977. The largest absolute Gasteiger partial charge is 0.149 e. The van der Waals surface area contributed by atoms with Crippen molar-refractivity contribution in [2.24, 2.45) is 16.7 Å². The number of thiophene rings is 1. The second-order valence-corrected chi connectivity index (χ2v) is 8.95. The summed E-state index contributed by atoms with van der Waals surface area (Å²) in [6.07, 6.45) is 8.27. The van der Waals surface area contributed by atoms with E-state index in [2.05, 4.69) is 54.2 Å². The first-order chi connectivity index (χ1) is 8.95. The van der Waals surface area contributed by atoms with Gasteiger partial charge in [0, 0.05) is 10.2 Å². The Kier molecular flexibility index (Phi) is 5.16. The zero-order valence-corrected chi connectivity index (χ0v) is 14.9. The lowest BCUT2D eigenvalue weighted by Gasteiger charge is -2.43. The maximum absolute atomic E-state index is 3.81. The summed E-state index contributed by atoms with van der Waals surface area (Å²) in [5.74, 6) is 0.918. The molecule has 0 atom stereocenters. The molecule has 0 saturated heterocycles. The number of hydrogen-bond acceptors (Lipinski definition) is 1. The summed E-state index contributed by atoms with van der Waals surface area (Å²) < 4.78 is 0. The van der Waals surface area contributed by atoms with Crippen molar-refractivity contribution in [3.8, 4) is 0 Å². The third-order valence-corrected chi connectivity index (χ3v) is 7.16. The number of rotatable bonds is 4. The van der Waals surface area contributed by atoms with Gasteiger partial charge in [0.2, 0.25) is 0 Å². The van der Waals surface area contributed by atoms with E-state index in [-0.39, 0.29) is 0 Å². The summed E-state index contributed by atoms with van der Waals surface area (Å²) in [6.45, 7) is 7.22. The number of aryl methyl sites for hydroxylation is 1. The van der Waals surface area contributed by atoms with E-state index in [4.69, 9.17) is 0 Å². The van der Waals surface area contributed by atoms with Crippen LogP contribution in [-0.4, -0.2) is 5.33 Å². The minimum absolute atomic E-state index is 0.492. The maximum atomic E-state index is 3.81. The van der Waals surface area contributed by atoms with Crippen molar-refractivity contribution in [1.29, 1.82) is 0 Å². The Hall–Kier alpha value is 0.180. The van der Waals surface area contributed by atoms with Crippen LogP contribution in [-0.2, 0) is 6.42 Å². The van der Waals surface area contributed by atoms with Crippen LogP contribution < -0.4 is 0 Å². The third-order valence-electron chi connectivity index (χ3n) is 5.04. The molecule has 1 heterocycles. The van der Waals surface area contributed by atoms with Gasteiger partial charge in [-0.1, -0.05) is 42.8 Å². The molecule has 0 unspecified atom stereocenters. The fourth-order valence-electron chi connectivity index (χ4n) is 3.39. The predicted molar refractivity (Wildman–Crippen MR) is 90.3 cm³/mol. The van der Waals surface area contributed by atoms with Gasteiger partial charge in [-0.3, -0.25) is 0 Å². The van der Waals surface area contributed by atoms with Crippen LogP contribution in [0.4, 0.5) is 0 Å². The first-order valence-corrected chi connectivity index (χ1v) is 9.54. The Morgan fingerprint density at radius 3 is 2.47 bits per heavy atom. The molecular weight excluding hydrogens is 316 g/mol. The average Bonchev–Trinajstić information content (AvgIpc) is 2.89. The van der Waals surface area contributed by atoms with Gasteiger partial charge in [0.25, 0.3) is 0 Å². The van der Waals surface area contributed by atoms with Gasteiger partial charge in [-0.25, -0.2) is 0 Å². The van der Waals surface area contributed by atoms with E-state index in [0.717, 1.165) is 5.92 Å². The van der Waals surface area contributed by atoms with Crippen LogP contribution in [0.2, 0.25) is 0 Å². The highest BCUT2D eigenvalue weighted by molar-refractivity contribution is 9.09. The van der Waals surface area contributed by atoms with Crippen LogP contribution in [0.3, 0.4) is 0 Å². The summed E-state index contributed by atoms with van der Waals surface area (Å²) in [4.78, 5) is 1.55. The maximum Gasteiger partial charge on any atom is 0.00880 e. The molecule has 19 heavy (non-hydrogen) atoms. The molecule has 1 saturated carbocycles. The molecule has 0 spiro atoms. The highest BCUT2D eigenvalue weighted by atomic mass is 79.9. The van der Waals surface area contributed by atoms with Crippen molar-refractivity contribution in [2.75, 3.05) is 5.33 Å². The first-order valence-electron chi connectivity index (χ1n) is 7.54. The Morgan fingerprint density at radius 2 is 2.00 bits per heavy atom. The quantitative estimate of drug-likeness (QED) is 0.563. The Bertz CT molecular complexity index is 366. The van der Waals surface area contributed by atoms with Gasteiger partial charge in [0.1, 0.15) is 0 Å². The topological polar surface area (TPSA) is 0 Å². The molecule has 0 bridgehead atoms. The normalized spacial score (nSPS) is 28.5. The van der Waals surface area contributed by atoms with Crippen molar-refractivity contribution in [2.45, 2.75) is 59.3 Å². The van der Waals surface area contributed by atoms with E-state index in [1.54, 1.807) is 4.88 Å². The molecule has 0 nitrogen and oxygen atoms in total. The van der Waals surface area contributed by atoms with Gasteiger partial charge in [-0.2, -0.15) is 0 Å². The summed E-state index contributed by atoms with van der Waals surface area (Å²) in [5, 5.41) is 3.38. The third kappa shape index (κ3) is 4.07. The highest BCUT2D eigenvalue weighted by Crippen LogP contribution is 2.48. The second kappa shape index (κ2) is 6.30. The Morgan fingerprint density at radius 1 is 1.32 bits per heavy atom. The molecule has 1 aromatic heterocycles. The number of alkyl halides is 1.